The molecular formula is C13H24N4S. The summed E-state index contributed by atoms with van der Waals surface area (Å²) in [6, 6.07) is 0.523. The number of likely N-dealkylation sites (N-methyl/N-ethyl adjacent to an activating group) is 1. The first-order chi connectivity index (χ1) is 8.85. The van der Waals surface area contributed by atoms with E-state index in [0.29, 0.717) is 6.04 Å². The summed E-state index contributed by atoms with van der Waals surface area (Å²) in [5.74, 6) is 2.44. The fourth-order valence-electron chi connectivity index (χ4n) is 2.54. The molecule has 1 fully saturated rings. The zero-order valence-corrected chi connectivity index (χ0v) is 12.2. The number of hydrogen-bond donors (Lipinski definition) is 1. The van der Waals surface area contributed by atoms with Crippen LogP contribution in [0.1, 0.15) is 38.4 Å². The molecule has 0 aromatic carbocycles. The van der Waals surface area contributed by atoms with Crippen molar-refractivity contribution < 1.29 is 0 Å². The Morgan fingerprint density at radius 2 is 2.44 bits per heavy atom. The van der Waals surface area contributed by atoms with E-state index in [9.17, 15) is 0 Å². The molecule has 2 atom stereocenters. The maximum Gasteiger partial charge on any atom is 0.138 e. The van der Waals surface area contributed by atoms with Crippen LogP contribution < -0.4 is 5.32 Å². The summed E-state index contributed by atoms with van der Waals surface area (Å²) in [7, 11) is 2.07. The molecule has 4 nitrogen and oxygen atoms in total. The Hall–Kier alpha value is -0.550. The van der Waals surface area contributed by atoms with Crippen LogP contribution in [0.3, 0.4) is 0 Å². The van der Waals surface area contributed by atoms with Gasteiger partial charge in [-0.1, -0.05) is 13.3 Å². The second-order valence-corrected chi connectivity index (χ2v) is 6.25. The molecule has 0 bridgehead atoms. The van der Waals surface area contributed by atoms with Crippen molar-refractivity contribution in [3.63, 3.8) is 0 Å². The lowest BCUT2D eigenvalue weighted by Crippen LogP contribution is -2.39. The van der Waals surface area contributed by atoms with Crippen LogP contribution >= 0.6 is 11.8 Å². The average Bonchev–Trinajstić information content (AvgIpc) is 2.85. The van der Waals surface area contributed by atoms with Gasteiger partial charge in [-0.3, -0.25) is 4.68 Å². The fraction of sp³-hybridized carbons (Fsp3) is 0.846. The Balaban J connectivity index is 1.98. The molecule has 2 unspecified atom stereocenters. The number of nitrogens with one attached hydrogen (secondary N) is 1. The van der Waals surface area contributed by atoms with Gasteiger partial charge in [0.15, 0.2) is 0 Å². The molecule has 2 rings (SSSR count). The van der Waals surface area contributed by atoms with E-state index in [1.54, 1.807) is 6.33 Å². The quantitative estimate of drug-likeness (QED) is 0.858. The standard InChI is InChI=1S/C13H24N4S/c1-3-7-17-13(15-10-16-17)9-11(14-2)12-6-4-5-8-18-12/h10-12,14H,3-9H2,1-2H3. The number of rotatable bonds is 6. The van der Waals surface area contributed by atoms with Crippen LogP contribution in [-0.4, -0.2) is 38.9 Å². The summed E-state index contributed by atoms with van der Waals surface area (Å²) in [6.45, 7) is 3.15. The highest BCUT2D eigenvalue weighted by Crippen LogP contribution is 2.28. The molecule has 1 aromatic rings. The van der Waals surface area contributed by atoms with Crippen molar-refractivity contribution in [2.45, 2.75) is 56.9 Å². The third-order valence-electron chi connectivity index (χ3n) is 3.57. The molecule has 102 valence electrons. The lowest BCUT2D eigenvalue weighted by atomic mass is 10.0. The predicted octanol–water partition coefficient (Wildman–Crippen LogP) is 2.10. The summed E-state index contributed by atoms with van der Waals surface area (Å²) in [4.78, 5) is 4.42. The average molecular weight is 268 g/mol. The minimum atomic E-state index is 0.523. The van der Waals surface area contributed by atoms with Crippen molar-refractivity contribution in [3.8, 4) is 0 Å². The molecule has 18 heavy (non-hydrogen) atoms. The van der Waals surface area contributed by atoms with Crippen molar-refractivity contribution in [2.24, 2.45) is 0 Å². The number of thioether (sulfide) groups is 1. The van der Waals surface area contributed by atoms with Crippen LogP contribution in [0.5, 0.6) is 0 Å². The Morgan fingerprint density at radius 1 is 1.56 bits per heavy atom. The van der Waals surface area contributed by atoms with Gasteiger partial charge in [-0.15, -0.1) is 0 Å². The van der Waals surface area contributed by atoms with Gasteiger partial charge in [0.2, 0.25) is 0 Å². The summed E-state index contributed by atoms with van der Waals surface area (Å²) in [5.41, 5.74) is 0. The summed E-state index contributed by atoms with van der Waals surface area (Å²) in [6.07, 6.45) is 7.87. The molecule has 2 heterocycles. The summed E-state index contributed by atoms with van der Waals surface area (Å²) >= 11 is 2.12. The number of hydrogen-bond acceptors (Lipinski definition) is 4. The van der Waals surface area contributed by atoms with E-state index in [1.165, 1.54) is 25.0 Å². The Kier molecular flexibility index (Phi) is 5.50. The van der Waals surface area contributed by atoms with Crippen molar-refractivity contribution in [2.75, 3.05) is 12.8 Å². The van der Waals surface area contributed by atoms with Crippen LogP contribution in [0.25, 0.3) is 0 Å². The van der Waals surface area contributed by atoms with E-state index < -0.39 is 0 Å². The summed E-state index contributed by atoms with van der Waals surface area (Å²) < 4.78 is 2.05. The predicted molar refractivity (Wildman–Crippen MR) is 77.0 cm³/mol. The Labute approximate surface area is 114 Å². The molecule has 0 spiro atoms. The third kappa shape index (κ3) is 3.48. The zero-order valence-electron chi connectivity index (χ0n) is 11.4. The van der Waals surface area contributed by atoms with Gasteiger partial charge in [0.25, 0.3) is 0 Å². The fourth-order valence-corrected chi connectivity index (χ4v) is 4.02. The smallest absolute Gasteiger partial charge is 0.138 e. The first kappa shape index (κ1) is 13.9. The van der Waals surface area contributed by atoms with E-state index in [-0.39, 0.29) is 0 Å². The molecule has 0 amide bonds. The molecule has 5 heteroatoms. The van der Waals surface area contributed by atoms with Gasteiger partial charge in [0.05, 0.1) is 0 Å². The van der Waals surface area contributed by atoms with Crippen molar-refractivity contribution in [1.82, 2.24) is 20.1 Å². The topological polar surface area (TPSA) is 42.7 Å². The highest BCUT2D eigenvalue weighted by Gasteiger charge is 2.24. The van der Waals surface area contributed by atoms with E-state index in [0.717, 1.165) is 30.5 Å². The number of aryl methyl sites for hydroxylation is 1. The van der Waals surface area contributed by atoms with Crippen molar-refractivity contribution in [3.05, 3.63) is 12.2 Å². The van der Waals surface area contributed by atoms with Crippen LogP contribution in [0.4, 0.5) is 0 Å². The van der Waals surface area contributed by atoms with E-state index in [2.05, 4.69) is 45.8 Å². The molecule has 1 aliphatic heterocycles. The molecule has 1 N–H and O–H groups in total. The highest BCUT2D eigenvalue weighted by molar-refractivity contribution is 8.00. The van der Waals surface area contributed by atoms with Crippen LogP contribution in [0.15, 0.2) is 6.33 Å². The Morgan fingerprint density at radius 3 is 3.11 bits per heavy atom. The van der Waals surface area contributed by atoms with E-state index in [1.807, 2.05) is 0 Å². The second-order valence-electron chi connectivity index (χ2n) is 4.90. The maximum atomic E-state index is 4.42. The summed E-state index contributed by atoms with van der Waals surface area (Å²) in [5, 5.41) is 8.52. The number of nitrogens with zero attached hydrogens (tertiary/aromatic N) is 3. The van der Waals surface area contributed by atoms with Gasteiger partial charge < -0.3 is 5.32 Å². The molecule has 1 aliphatic rings. The van der Waals surface area contributed by atoms with Gasteiger partial charge in [-0.05, 0) is 32.1 Å². The third-order valence-corrected chi connectivity index (χ3v) is 5.08. The monoisotopic (exact) mass is 268 g/mol. The van der Waals surface area contributed by atoms with Gasteiger partial charge in [0, 0.05) is 24.3 Å². The zero-order chi connectivity index (χ0) is 12.8. The van der Waals surface area contributed by atoms with Gasteiger partial charge in [-0.25, -0.2) is 4.98 Å². The molecule has 0 saturated carbocycles. The van der Waals surface area contributed by atoms with Gasteiger partial charge >= 0.3 is 0 Å². The second kappa shape index (κ2) is 7.14. The van der Waals surface area contributed by atoms with E-state index >= 15 is 0 Å². The molecular weight excluding hydrogens is 244 g/mol. The SMILES string of the molecule is CCCn1ncnc1CC(NC)C1CCCCS1. The Bertz CT molecular complexity index is 347. The maximum absolute atomic E-state index is 4.42. The van der Waals surface area contributed by atoms with Crippen LogP contribution in [0, 0.1) is 0 Å². The molecule has 1 aromatic heterocycles. The minimum absolute atomic E-state index is 0.523. The van der Waals surface area contributed by atoms with Crippen LogP contribution in [0.2, 0.25) is 0 Å². The normalized spacial score (nSPS) is 22.0. The molecule has 1 saturated heterocycles. The largest absolute Gasteiger partial charge is 0.315 e. The first-order valence-electron chi connectivity index (χ1n) is 7.00. The van der Waals surface area contributed by atoms with E-state index in [4.69, 9.17) is 0 Å². The lowest BCUT2D eigenvalue weighted by molar-refractivity contribution is 0.466. The molecule has 0 radical (unpaired) electrons. The highest BCUT2D eigenvalue weighted by atomic mass is 32.2. The van der Waals surface area contributed by atoms with Crippen molar-refractivity contribution >= 4 is 11.8 Å². The van der Waals surface area contributed by atoms with Crippen LogP contribution in [-0.2, 0) is 13.0 Å². The van der Waals surface area contributed by atoms with Crippen molar-refractivity contribution in [1.29, 1.82) is 0 Å². The minimum Gasteiger partial charge on any atom is -0.315 e. The van der Waals surface area contributed by atoms with Gasteiger partial charge in [-0.2, -0.15) is 16.9 Å². The number of aromatic nitrogens is 3. The molecule has 0 aliphatic carbocycles. The lowest BCUT2D eigenvalue weighted by Gasteiger charge is -2.29. The van der Waals surface area contributed by atoms with Gasteiger partial charge in [0.1, 0.15) is 12.2 Å². The first-order valence-corrected chi connectivity index (χ1v) is 8.05.